The molecule has 2 aliphatic rings. The van der Waals surface area contributed by atoms with Crippen molar-refractivity contribution in [1.82, 2.24) is 4.90 Å². The minimum absolute atomic E-state index is 0. The number of carbonyl (C=O) groups is 1. The van der Waals surface area contributed by atoms with Gasteiger partial charge in [0, 0.05) is 30.5 Å². The number of hydrogen-bond acceptors (Lipinski definition) is 2. The molecule has 1 atom stereocenters. The van der Waals surface area contributed by atoms with Gasteiger partial charge in [-0.2, -0.15) is 0 Å². The summed E-state index contributed by atoms with van der Waals surface area (Å²) in [6.45, 7) is 3.16. The van der Waals surface area contributed by atoms with Gasteiger partial charge in [-0.25, -0.2) is 0 Å². The third-order valence-electron chi connectivity index (χ3n) is 5.38. The van der Waals surface area contributed by atoms with Gasteiger partial charge in [0.25, 0.3) is 0 Å². The molecule has 0 bridgehead atoms. The molecule has 1 heterocycles. The van der Waals surface area contributed by atoms with Gasteiger partial charge in [0.2, 0.25) is 5.91 Å². The molecule has 122 valence electrons. The average molecular weight is 323 g/mol. The van der Waals surface area contributed by atoms with Gasteiger partial charge in [0.15, 0.2) is 0 Å². The van der Waals surface area contributed by atoms with E-state index in [2.05, 4.69) is 42.2 Å². The summed E-state index contributed by atoms with van der Waals surface area (Å²) in [5.74, 6) is 0.337. The molecule has 0 aromatic heterocycles. The quantitative estimate of drug-likeness (QED) is 0.908. The number of rotatable bonds is 2. The standard InChI is InChI=1S/C18H26N2O.ClH/c1-18(14-5-3-2-4-6-14)12-11-17(21)20(13-18)16-9-7-15(19)8-10-16;/h2-6,15-16H,7-13,19H2,1H3;1H. The van der Waals surface area contributed by atoms with E-state index in [1.807, 2.05) is 0 Å². The summed E-state index contributed by atoms with van der Waals surface area (Å²) < 4.78 is 0. The van der Waals surface area contributed by atoms with E-state index in [1.165, 1.54) is 5.56 Å². The molecule has 1 amide bonds. The van der Waals surface area contributed by atoms with Gasteiger partial charge in [-0.15, -0.1) is 12.4 Å². The number of nitrogens with two attached hydrogens (primary N) is 1. The second-order valence-corrected chi connectivity index (χ2v) is 7.02. The summed E-state index contributed by atoms with van der Waals surface area (Å²) in [5, 5.41) is 0. The van der Waals surface area contributed by atoms with E-state index in [-0.39, 0.29) is 17.8 Å². The van der Waals surface area contributed by atoms with Gasteiger partial charge in [0.1, 0.15) is 0 Å². The van der Waals surface area contributed by atoms with Crippen LogP contribution in [-0.2, 0) is 10.2 Å². The minimum Gasteiger partial charge on any atom is -0.339 e. The van der Waals surface area contributed by atoms with Crippen molar-refractivity contribution in [1.29, 1.82) is 0 Å². The van der Waals surface area contributed by atoms with E-state index >= 15 is 0 Å². The van der Waals surface area contributed by atoms with Crippen LogP contribution >= 0.6 is 12.4 Å². The van der Waals surface area contributed by atoms with Crippen molar-refractivity contribution in [3.63, 3.8) is 0 Å². The van der Waals surface area contributed by atoms with Gasteiger partial charge in [-0.05, 0) is 37.7 Å². The number of piperidine rings is 1. The molecule has 1 aliphatic carbocycles. The Labute approximate surface area is 139 Å². The summed E-state index contributed by atoms with van der Waals surface area (Å²) in [4.78, 5) is 14.5. The maximum atomic E-state index is 12.4. The number of likely N-dealkylation sites (tertiary alicyclic amines) is 1. The van der Waals surface area contributed by atoms with Crippen molar-refractivity contribution in [2.24, 2.45) is 5.73 Å². The second-order valence-electron chi connectivity index (χ2n) is 7.02. The first-order valence-electron chi connectivity index (χ1n) is 8.19. The third-order valence-corrected chi connectivity index (χ3v) is 5.38. The number of amides is 1. The first-order valence-corrected chi connectivity index (χ1v) is 8.19. The highest BCUT2D eigenvalue weighted by Crippen LogP contribution is 2.36. The normalized spacial score (nSPS) is 32.5. The van der Waals surface area contributed by atoms with E-state index in [0.29, 0.717) is 24.4 Å². The Hall–Kier alpha value is -1.06. The number of nitrogens with zero attached hydrogens (tertiary/aromatic N) is 1. The number of benzene rings is 1. The van der Waals surface area contributed by atoms with Gasteiger partial charge in [-0.1, -0.05) is 37.3 Å². The first kappa shape index (κ1) is 17.3. The van der Waals surface area contributed by atoms with E-state index < -0.39 is 0 Å². The zero-order valence-electron chi connectivity index (χ0n) is 13.3. The fourth-order valence-electron chi connectivity index (χ4n) is 3.89. The third kappa shape index (κ3) is 3.47. The molecule has 2 fully saturated rings. The van der Waals surface area contributed by atoms with Gasteiger partial charge in [0.05, 0.1) is 0 Å². The molecular weight excluding hydrogens is 296 g/mol. The molecule has 2 N–H and O–H groups in total. The molecule has 0 spiro atoms. The molecule has 3 nitrogen and oxygen atoms in total. The predicted octanol–water partition coefficient (Wildman–Crippen LogP) is 3.26. The van der Waals surface area contributed by atoms with E-state index in [4.69, 9.17) is 5.73 Å². The molecule has 1 saturated carbocycles. The Morgan fingerprint density at radius 1 is 1.14 bits per heavy atom. The largest absolute Gasteiger partial charge is 0.339 e. The van der Waals surface area contributed by atoms with Crippen molar-refractivity contribution < 1.29 is 4.79 Å². The van der Waals surface area contributed by atoms with Crippen LogP contribution in [0.3, 0.4) is 0 Å². The van der Waals surface area contributed by atoms with E-state index in [9.17, 15) is 4.79 Å². The lowest BCUT2D eigenvalue weighted by Gasteiger charge is -2.45. The van der Waals surface area contributed by atoms with Crippen LogP contribution in [0.25, 0.3) is 0 Å². The zero-order chi connectivity index (χ0) is 14.9. The smallest absolute Gasteiger partial charge is 0.222 e. The van der Waals surface area contributed by atoms with Crippen molar-refractivity contribution in [3.05, 3.63) is 35.9 Å². The Morgan fingerprint density at radius 3 is 2.41 bits per heavy atom. The van der Waals surface area contributed by atoms with E-state index in [1.54, 1.807) is 0 Å². The Bertz CT molecular complexity index is 499. The van der Waals surface area contributed by atoms with Crippen LogP contribution in [0.1, 0.15) is 51.0 Å². The summed E-state index contributed by atoms with van der Waals surface area (Å²) in [6, 6.07) is 11.4. The monoisotopic (exact) mass is 322 g/mol. The molecule has 4 heteroatoms. The molecule has 3 rings (SSSR count). The molecular formula is C18H27ClN2O. The van der Waals surface area contributed by atoms with Crippen molar-refractivity contribution >= 4 is 18.3 Å². The summed E-state index contributed by atoms with van der Waals surface area (Å²) >= 11 is 0. The Morgan fingerprint density at radius 2 is 1.77 bits per heavy atom. The van der Waals surface area contributed by atoms with Crippen molar-refractivity contribution in [2.75, 3.05) is 6.54 Å². The Balaban J connectivity index is 0.00000176. The van der Waals surface area contributed by atoms with Crippen LogP contribution in [0.5, 0.6) is 0 Å². The van der Waals surface area contributed by atoms with Crippen LogP contribution < -0.4 is 5.73 Å². The van der Waals surface area contributed by atoms with Crippen molar-refractivity contribution in [3.8, 4) is 0 Å². The molecule has 1 aliphatic heterocycles. The van der Waals surface area contributed by atoms with Crippen LogP contribution in [0.4, 0.5) is 0 Å². The molecule has 22 heavy (non-hydrogen) atoms. The molecule has 1 aromatic carbocycles. The zero-order valence-corrected chi connectivity index (χ0v) is 14.1. The van der Waals surface area contributed by atoms with Crippen LogP contribution in [0.15, 0.2) is 30.3 Å². The second kappa shape index (κ2) is 7.01. The van der Waals surface area contributed by atoms with Crippen LogP contribution in [-0.4, -0.2) is 29.4 Å². The van der Waals surface area contributed by atoms with E-state index in [0.717, 1.165) is 38.6 Å². The highest BCUT2D eigenvalue weighted by atomic mass is 35.5. The number of hydrogen-bond donors (Lipinski definition) is 1. The Kier molecular flexibility index (Phi) is 5.51. The fraction of sp³-hybridized carbons (Fsp3) is 0.611. The molecule has 1 aromatic rings. The highest BCUT2D eigenvalue weighted by molar-refractivity contribution is 5.85. The van der Waals surface area contributed by atoms with Gasteiger partial charge in [-0.3, -0.25) is 4.79 Å². The van der Waals surface area contributed by atoms with Crippen LogP contribution in [0, 0.1) is 0 Å². The number of halogens is 1. The fourth-order valence-corrected chi connectivity index (χ4v) is 3.89. The summed E-state index contributed by atoms with van der Waals surface area (Å²) in [7, 11) is 0. The first-order chi connectivity index (χ1) is 10.1. The average Bonchev–Trinajstić information content (AvgIpc) is 2.52. The van der Waals surface area contributed by atoms with Gasteiger partial charge >= 0.3 is 0 Å². The molecule has 0 radical (unpaired) electrons. The lowest BCUT2D eigenvalue weighted by Crippen LogP contribution is -2.53. The molecule has 1 saturated heterocycles. The van der Waals surface area contributed by atoms with Crippen molar-refractivity contribution in [2.45, 2.75) is 62.9 Å². The molecule has 1 unspecified atom stereocenters. The van der Waals surface area contributed by atoms with Gasteiger partial charge < -0.3 is 10.6 Å². The summed E-state index contributed by atoms with van der Waals surface area (Å²) in [5.41, 5.74) is 7.45. The predicted molar refractivity (Wildman–Crippen MR) is 92.2 cm³/mol. The summed E-state index contributed by atoms with van der Waals surface area (Å²) in [6.07, 6.45) is 5.87. The lowest BCUT2D eigenvalue weighted by molar-refractivity contribution is -0.139. The lowest BCUT2D eigenvalue weighted by atomic mass is 9.74. The maximum Gasteiger partial charge on any atom is 0.222 e. The highest BCUT2D eigenvalue weighted by Gasteiger charge is 2.39. The minimum atomic E-state index is 0. The topological polar surface area (TPSA) is 46.3 Å². The maximum absolute atomic E-state index is 12.4. The SMILES string of the molecule is CC1(c2ccccc2)CCC(=O)N(C2CCC(N)CC2)C1.Cl. The van der Waals surface area contributed by atoms with Crippen LogP contribution in [0.2, 0.25) is 0 Å². The number of carbonyl (C=O) groups excluding carboxylic acids is 1.